The summed E-state index contributed by atoms with van der Waals surface area (Å²) in [6.45, 7) is 4.01. The Hall–Kier alpha value is -2.15. The summed E-state index contributed by atoms with van der Waals surface area (Å²) >= 11 is 0. The molecule has 0 unspecified atom stereocenters. The molecule has 4 heteroatoms. The third-order valence-corrected chi connectivity index (χ3v) is 2.54. The predicted octanol–water partition coefficient (Wildman–Crippen LogP) is 3.14. The average Bonchev–Trinajstić information content (AvgIpc) is 2.77. The normalized spacial score (nSPS) is 10.5. The molecule has 17 heavy (non-hydrogen) atoms. The molecule has 0 amide bonds. The van der Waals surface area contributed by atoms with E-state index in [2.05, 4.69) is 5.10 Å². The van der Waals surface area contributed by atoms with Gasteiger partial charge < -0.3 is 0 Å². The summed E-state index contributed by atoms with van der Waals surface area (Å²) in [6, 6.07) is 8.24. The third kappa shape index (κ3) is 2.04. The van der Waals surface area contributed by atoms with Gasteiger partial charge in [-0.3, -0.25) is 4.68 Å². The molecule has 0 bridgehead atoms. The first kappa shape index (κ1) is 11.3. The molecule has 0 aliphatic rings. The quantitative estimate of drug-likeness (QED) is 0.793. The maximum atomic E-state index is 13.1. The minimum Gasteiger partial charge on any atom is -0.262 e. The summed E-state index contributed by atoms with van der Waals surface area (Å²) < 4.78 is 14.9. The summed E-state index contributed by atoms with van der Waals surface area (Å²) in [5, 5.41) is 13.2. The van der Waals surface area contributed by atoms with E-state index in [0.717, 1.165) is 5.69 Å². The molecule has 86 valence electrons. The number of nitrogens with zero attached hydrogens (tertiary/aromatic N) is 3. The van der Waals surface area contributed by atoms with Gasteiger partial charge in [0.1, 0.15) is 5.82 Å². The standard InChI is InChI=1S/C13H12FN3/c1-9(2)17-13(5-6-16-17)12-4-3-11(14)7-10(12)8-15/h3-7,9H,1-2H3. The smallest absolute Gasteiger partial charge is 0.124 e. The largest absolute Gasteiger partial charge is 0.262 e. The number of aromatic nitrogens is 2. The molecule has 0 spiro atoms. The molecule has 0 aliphatic carbocycles. The third-order valence-electron chi connectivity index (χ3n) is 2.54. The molecule has 3 nitrogen and oxygen atoms in total. The summed E-state index contributed by atoms with van der Waals surface area (Å²) in [5.74, 6) is -0.402. The Morgan fingerprint density at radius 3 is 2.76 bits per heavy atom. The zero-order valence-electron chi connectivity index (χ0n) is 9.68. The van der Waals surface area contributed by atoms with Crippen molar-refractivity contribution in [3.05, 3.63) is 41.8 Å². The first-order chi connectivity index (χ1) is 8.13. The van der Waals surface area contributed by atoms with E-state index < -0.39 is 5.82 Å². The van der Waals surface area contributed by atoms with Crippen molar-refractivity contribution < 1.29 is 4.39 Å². The molecule has 0 saturated carbocycles. The lowest BCUT2D eigenvalue weighted by molar-refractivity contribution is 0.538. The Balaban J connectivity index is 2.61. The fraction of sp³-hybridized carbons (Fsp3) is 0.231. The second kappa shape index (κ2) is 4.38. The minimum absolute atomic E-state index is 0.191. The molecule has 0 atom stereocenters. The minimum atomic E-state index is -0.402. The molecule has 2 aromatic rings. The number of nitriles is 1. The van der Waals surface area contributed by atoms with Crippen molar-refractivity contribution in [3.8, 4) is 17.3 Å². The van der Waals surface area contributed by atoms with Crippen LogP contribution in [0, 0.1) is 17.1 Å². The van der Waals surface area contributed by atoms with Crippen LogP contribution in [0.2, 0.25) is 0 Å². The van der Waals surface area contributed by atoms with Crippen molar-refractivity contribution in [1.29, 1.82) is 5.26 Å². The predicted molar refractivity (Wildman–Crippen MR) is 62.7 cm³/mol. The van der Waals surface area contributed by atoms with Gasteiger partial charge in [0, 0.05) is 17.8 Å². The van der Waals surface area contributed by atoms with E-state index in [1.165, 1.54) is 12.1 Å². The number of halogens is 1. The molecule has 0 N–H and O–H groups in total. The summed E-state index contributed by atoms with van der Waals surface area (Å²) in [6.07, 6.45) is 1.68. The Bertz CT molecular complexity index is 579. The lowest BCUT2D eigenvalue weighted by atomic mass is 10.1. The van der Waals surface area contributed by atoms with E-state index >= 15 is 0 Å². The molecule has 1 aromatic heterocycles. The van der Waals surface area contributed by atoms with Gasteiger partial charge in [0.25, 0.3) is 0 Å². The summed E-state index contributed by atoms with van der Waals surface area (Å²) in [4.78, 5) is 0. The van der Waals surface area contributed by atoms with Crippen LogP contribution >= 0.6 is 0 Å². The highest BCUT2D eigenvalue weighted by Crippen LogP contribution is 2.25. The van der Waals surface area contributed by atoms with Gasteiger partial charge >= 0.3 is 0 Å². The van der Waals surface area contributed by atoms with Crippen LogP contribution in [0.3, 0.4) is 0 Å². The first-order valence-electron chi connectivity index (χ1n) is 5.37. The second-order valence-electron chi connectivity index (χ2n) is 4.06. The van der Waals surface area contributed by atoms with Crippen molar-refractivity contribution in [3.63, 3.8) is 0 Å². The van der Waals surface area contributed by atoms with Gasteiger partial charge in [0.05, 0.1) is 17.3 Å². The van der Waals surface area contributed by atoms with Gasteiger partial charge in [-0.2, -0.15) is 10.4 Å². The highest BCUT2D eigenvalue weighted by atomic mass is 19.1. The summed E-state index contributed by atoms with van der Waals surface area (Å²) in [7, 11) is 0. The van der Waals surface area contributed by atoms with Gasteiger partial charge in [0.2, 0.25) is 0 Å². The number of rotatable bonds is 2. The molecular weight excluding hydrogens is 217 g/mol. The first-order valence-corrected chi connectivity index (χ1v) is 5.37. The van der Waals surface area contributed by atoms with Crippen molar-refractivity contribution >= 4 is 0 Å². The van der Waals surface area contributed by atoms with Crippen molar-refractivity contribution in [2.75, 3.05) is 0 Å². The van der Waals surface area contributed by atoms with E-state index in [1.807, 2.05) is 30.7 Å². The molecule has 1 aromatic carbocycles. The molecule has 1 heterocycles. The van der Waals surface area contributed by atoms with E-state index in [0.29, 0.717) is 11.1 Å². The fourth-order valence-corrected chi connectivity index (χ4v) is 1.77. The van der Waals surface area contributed by atoms with Gasteiger partial charge in [-0.15, -0.1) is 0 Å². The molecule has 2 rings (SSSR count). The topological polar surface area (TPSA) is 41.6 Å². The molecule has 0 fully saturated rings. The van der Waals surface area contributed by atoms with Crippen LogP contribution in [0.5, 0.6) is 0 Å². The van der Waals surface area contributed by atoms with Crippen LogP contribution in [-0.4, -0.2) is 9.78 Å². The highest BCUT2D eigenvalue weighted by Gasteiger charge is 2.12. The zero-order chi connectivity index (χ0) is 12.4. The van der Waals surface area contributed by atoms with Gasteiger partial charge in [-0.05, 0) is 38.1 Å². The average molecular weight is 229 g/mol. The van der Waals surface area contributed by atoms with Crippen molar-refractivity contribution in [1.82, 2.24) is 9.78 Å². The summed E-state index contributed by atoms with van der Waals surface area (Å²) in [5.41, 5.74) is 1.86. The van der Waals surface area contributed by atoms with E-state index in [-0.39, 0.29) is 6.04 Å². The Morgan fingerprint density at radius 1 is 1.35 bits per heavy atom. The van der Waals surface area contributed by atoms with Crippen molar-refractivity contribution in [2.24, 2.45) is 0 Å². The van der Waals surface area contributed by atoms with Gasteiger partial charge in [0.15, 0.2) is 0 Å². The Morgan fingerprint density at radius 2 is 2.12 bits per heavy atom. The number of benzene rings is 1. The number of hydrogen-bond acceptors (Lipinski definition) is 2. The van der Waals surface area contributed by atoms with E-state index in [9.17, 15) is 4.39 Å². The van der Waals surface area contributed by atoms with E-state index in [1.54, 1.807) is 12.3 Å². The maximum Gasteiger partial charge on any atom is 0.124 e. The SMILES string of the molecule is CC(C)n1nccc1-c1ccc(F)cc1C#N. The Kier molecular flexibility index (Phi) is 2.92. The van der Waals surface area contributed by atoms with E-state index in [4.69, 9.17) is 5.26 Å². The number of hydrogen-bond donors (Lipinski definition) is 0. The zero-order valence-corrected chi connectivity index (χ0v) is 9.68. The maximum absolute atomic E-state index is 13.1. The Labute approximate surface area is 99.1 Å². The lowest BCUT2D eigenvalue weighted by Crippen LogP contribution is -2.05. The second-order valence-corrected chi connectivity index (χ2v) is 4.06. The highest BCUT2D eigenvalue weighted by molar-refractivity contribution is 5.67. The van der Waals surface area contributed by atoms with Gasteiger partial charge in [-0.25, -0.2) is 4.39 Å². The molecular formula is C13H12FN3. The molecule has 0 aliphatic heterocycles. The van der Waals surface area contributed by atoms with Gasteiger partial charge in [-0.1, -0.05) is 0 Å². The van der Waals surface area contributed by atoms with Crippen LogP contribution in [0.1, 0.15) is 25.5 Å². The fourth-order valence-electron chi connectivity index (χ4n) is 1.77. The van der Waals surface area contributed by atoms with Crippen LogP contribution < -0.4 is 0 Å². The lowest BCUT2D eigenvalue weighted by Gasteiger charge is -2.11. The molecule has 0 radical (unpaired) electrons. The van der Waals surface area contributed by atoms with Crippen LogP contribution in [0.25, 0.3) is 11.3 Å². The molecule has 0 saturated heterocycles. The monoisotopic (exact) mass is 229 g/mol. The van der Waals surface area contributed by atoms with Crippen LogP contribution in [-0.2, 0) is 0 Å². The van der Waals surface area contributed by atoms with Crippen LogP contribution in [0.4, 0.5) is 4.39 Å². The van der Waals surface area contributed by atoms with Crippen LogP contribution in [0.15, 0.2) is 30.5 Å². The van der Waals surface area contributed by atoms with Crippen molar-refractivity contribution in [2.45, 2.75) is 19.9 Å².